The lowest BCUT2D eigenvalue weighted by molar-refractivity contribution is 0.163. The smallest absolute Gasteiger partial charge is 0.0804 e. The molecular formula is C14H21ClO. The van der Waals surface area contributed by atoms with E-state index < -0.39 is 6.10 Å². The second kappa shape index (κ2) is 6.93. The van der Waals surface area contributed by atoms with Gasteiger partial charge >= 0.3 is 0 Å². The topological polar surface area (TPSA) is 20.2 Å². The summed E-state index contributed by atoms with van der Waals surface area (Å²) in [5.74, 6) is 0. The van der Waals surface area contributed by atoms with Gasteiger partial charge in [-0.1, -0.05) is 56.3 Å². The van der Waals surface area contributed by atoms with E-state index in [4.69, 9.17) is 11.6 Å². The molecule has 0 aliphatic heterocycles. The third-order valence-electron chi connectivity index (χ3n) is 2.85. The van der Waals surface area contributed by atoms with Gasteiger partial charge in [0.2, 0.25) is 0 Å². The molecule has 16 heavy (non-hydrogen) atoms. The summed E-state index contributed by atoms with van der Waals surface area (Å²) in [6, 6.07) is 5.84. The Hall–Kier alpha value is -0.530. The number of halogens is 1. The zero-order valence-corrected chi connectivity index (χ0v) is 10.9. The second-order valence-corrected chi connectivity index (χ2v) is 4.80. The van der Waals surface area contributed by atoms with Gasteiger partial charge in [-0.2, -0.15) is 0 Å². The third-order valence-corrected chi connectivity index (χ3v) is 3.17. The molecule has 0 bridgehead atoms. The summed E-state index contributed by atoms with van der Waals surface area (Å²) in [5, 5.41) is 10.7. The predicted molar refractivity (Wildman–Crippen MR) is 69.9 cm³/mol. The van der Waals surface area contributed by atoms with Crippen molar-refractivity contribution in [1.29, 1.82) is 0 Å². The van der Waals surface area contributed by atoms with Crippen molar-refractivity contribution in [3.05, 3.63) is 34.3 Å². The van der Waals surface area contributed by atoms with Crippen LogP contribution in [0.1, 0.15) is 56.3 Å². The summed E-state index contributed by atoms with van der Waals surface area (Å²) >= 11 is 6.10. The number of benzene rings is 1. The van der Waals surface area contributed by atoms with Crippen LogP contribution in [-0.4, -0.2) is 5.11 Å². The summed E-state index contributed by atoms with van der Waals surface area (Å²) in [5.41, 5.74) is 2.00. The van der Waals surface area contributed by atoms with E-state index in [9.17, 15) is 5.11 Å². The molecule has 2 heteroatoms. The van der Waals surface area contributed by atoms with E-state index in [2.05, 4.69) is 6.92 Å². The lowest BCUT2D eigenvalue weighted by Crippen LogP contribution is -1.98. The predicted octanol–water partition coefficient (Wildman–Crippen LogP) is 4.65. The lowest BCUT2D eigenvalue weighted by atomic mass is 10.0. The first kappa shape index (κ1) is 13.5. The second-order valence-electron chi connectivity index (χ2n) is 4.39. The zero-order valence-electron chi connectivity index (χ0n) is 10.2. The molecule has 1 aromatic carbocycles. The highest BCUT2D eigenvalue weighted by molar-refractivity contribution is 6.31. The highest BCUT2D eigenvalue weighted by Gasteiger charge is 2.10. The molecule has 90 valence electrons. The van der Waals surface area contributed by atoms with Crippen LogP contribution in [-0.2, 0) is 0 Å². The van der Waals surface area contributed by atoms with E-state index in [1.807, 2.05) is 25.1 Å². The molecule has 0 fully saturated rings. The van der Waals surface area contributed by atoms with Crippen molar-refractivity contribution in [2.75, 3.05) is 0 Å². The summed E-state index contributed by atoms with van der Waals surface area (Å²) in [4.78, 5) is 0. The first-order chi connectivity index (χ1) is 7.65. The van der Waals surface area contributed by atoms with Crippen molar-refractivity contribution in [2.45, 2.75) is 52.1 Å². The van der Waals surface area contributed by atoms with Gasteiger partial charge in [0.1, 0.15) is 0 Å². The van der Waals surface area contributed by atoms with Gasteiger partial charge in [-0.25, -0.2) is 0 Å². The Labute approximate surface area is 103 Å². The van der Waals surface area contributed by atoms with Gasteiger partial charge in [0.25, 0.3) is 0 Å². The highest BCUT2D eigenvalue weighted by Crippen LogP contribution is 2.27. The number of aryl methyl sites for hydroxylation is 1. The van der Waals surface area contributed by atoms with E-state index >= 15 is 0 Å². The van der Waals surface area contributed by atoms with Crippen LogP contribution < -0.4 is 0 Å². The molecular weight excluding hydrogens is 220 g/mol. The maximum atomic E-state index is 10.0. The van der Waals surface area contributed by atoms with Crippen LogP contribution in [0.5, 0.6) is 0 Å². The fourth-order valence-corrected chi connectivity index (χ4v) is 2.18. The Morgan fingerprint density at radius 2 is 2.00 bits per heavy atom. The number of aliphatic hydroxyl groups excluding tert-OH is 1. The molecule has 0 aromatic heterocycles. The normalized spacial score (nSPS) is 12.8. The van der Waals surface area contributed by atoms with Gasteiger partial charge < -0.3 is 5.11 Å². The maximum absolute atomic E-state index is 10.0. The molecule has 1 aromatic rings. The summed E-state index contributed by atoms with van der Waals surface area (Å²) in [6.45, 7) is 4.19. The van der Waals surface area contributed by atoms with Gasteiger partial charge in [0.15, 0.2) is 0 Å². The van der Waals surface area contributed by atoms with Crippen molar-refractivity contribution in [3.8, 4) is 0 Å². The quantitative estimate of drug-likeness (QED) is 0.718. The first-order valence-corrected chi connectivity index (χ1v) is 6.47. The average Bonchev–Trinajstić information content (AvgIpc) is 2.24. The third kappa shape index (κ3) is 4.15. The summed E-state index contributed by atoms with van der Waals surface area (Å²) in [6.07, 6.45) is 5.12. The van der Waals surface area contributed by atoms with Crippen LogP contribution in [0.4, 0.5) is 0 Å². The fraction of sp³-hybridized carbons (Fsp3) is 0.571. The Kier molecular flexibility index (Phi) is 5.86. The monoisotopic (exact) mass is 240 g/mol. The molecule has 1 unspecified atom stereocenters. The Bertz CT molecular complexity index is 323. The molecule has 0 saturated heterocycles. The zero-order chi connectivity index (χ0) is 12.0. The molecule has 0 amide bonds. The van der Waals surface area contributed by atoms with Gasteiger partial charge in [-0.15, -0.1) is 0 Å². The number of aliphatic hydroxyl groups is 1. The van der Waals surface area contributed by atoms with Crippen molar-refractivity contribution in [3.63, 3.8) is 0 Å². The summed E-state index contributed by atoms with van der Waals surface area (Å²) < 4.78 is 0. The molecule has 1 N–H and O–H groups in total. The summed E-state index contributed by atoms with van der Waals surface area (Å²) in [7, 11) is 0. The molecule has 0 aliphatic carbocycles. The Morgan fingerprint density at radius 3 is 2.62 bits per heavy atom. The van der Waals surface area contributed by atoms with E-state index in [1.165, 1.54) is 19.3 Å². The molecule has 1 rings (SSSR count). The van der Waals surface area contributed by atoms with Crippen LogP contribution >= 0.6 is 11.6 Å². The maximum Gasteiger partial charge on any atom is 0.0804 e. The van der Waals surface area contributed by atoms with E-state index in [0.29, 0.717) is 5.02 Å². The Balaban J connectivity index is 2.49. The average molecular weight is 241 g/mol. The van der Waals surface area contributed by atoms with E-state index in [-0.39, 0.29) is 0 Å². The number of unbranched alkanes of at least 4 members (excludes halogenated alkanes) is 3. The number of hydrogen-bond donors (Lipinski definition) is 1. The standard InChI is InChI=1S/C14H21ClO/c1-3-4-5-6-7-14(16)12-9-8-11(2)10-13(12)15/h8-10,14,16H,3-7H2,1-2H3. The minimum absolute atomic E-state index is 0.412. The number of rotatable bonds is 6. The van der Waals surface area contributed by atoms with Crippen molar-refractivity contribution >= 4 is 11.6 Å². The molecule has 0 heterocycles. The molecule has 0 radical (unpaired) electrons. The van der Waals surface area contributed by atoms with Crippen LogP contribution in [0.2, 0.25) is 5.02 Å². The van der Waals surface area contributed by atoms with E-state index in [1.54, 1.807) is 0 Å². The van der Waals surface area contributed by atoms with Gasteiger partial charge in [-0.3, -0.25) is 0 Å². The van der Waals surface area contributed by atoms with Gasteiger partial charge in [0.05, 0.1) is 6.10 Å². The molecule has 1 atom stereocenters. The highest BCUT2D eigenvalue weighted by atomic mass is 35.5. The van der Waals surface area contributed by atoms with Crippen LogP contribution in [0, 0.1) is 6.92 Å². The molecule has 0 spiro atoms. The van der Waals surface area contributed by atoms with Crippen LogP contribution in [0.25, 0.3) is 0 Å². The van der Waals surface area contributed by atoms with Crippen molar-refractivity contribution < 1.29 is 5.11 Å². The first-order valence-electron chi connectivity index (χ1n) is 6.09. The number of hydrogen-bond acceptors (Lipinski definition) is 1. The lowest BCUT2D eigenvalue weighted by Gasteiger charge is -2.13. The molecule has 0 aliphatic rings. The van der Waals surface area contributed by atoms with E-state index in [0.717, 1.165) is 24.0 Å². The Morgan fingerprint density at radius 1 is 1.25 bits per heavy atom. The minimum Gasteiger partial charge on any atom is -0.388 e. The SMILES string of the molecule is CCCCCCC(O)c1ccc(C)cc1Cl. The molecule has 0 saturated carbocycles. The fourth-order valence-electron chi connectivity index (χ4n) is 1.82. The van der Waals surface area contributed by atoms with Crippen molar-refractivity contribution in [2.24, 2.45) is 0 Å². The molecule has 1 nitrogen and oxygen atoms in total. The van der Waals surface area contributed by atoms with Crippen LogP contribution in [0.15, 0.2) is 18.2 Å². The van der Waals surface area contributed by atoms with Gasteiger partial charge in [-0.05, 0) is 30.5 Å². The largest absolute Gasteiger partial charge is 0.388 e. The van der Waals surface area contributed by atoms with Crippen LogP contribution in [0.3, 0.4) is 0 Å². The minimum atomic E-state index is -0.412. The van der Waals surface area contributed by atoms with Gasteiger partial charge in [0, 0.05) is 5.02 Å². The van der Waals surface area contributed by atoms with Crippen molar-refractivity contribution in [1.82, 2.24) is 0 Å².